The van der Waals surface area contributed by atoms with Gasteiger partial charge in [0, 0.05) is 35.1 Å². The van der Waals surface area contributed by atoms with Gasteiger partial charge >= 0.3 is 11.9 Å². The van der Waals surface area contributed by atoms with Crippen LogP contribution >= 0.6 is 0 Å². The van der Waals surface area contributed by atoms with Crippen LogP contribution in [0.3, 0.4) is 0 Å². The average molecular weight is 531 g/mol. The maximum absolute atomic E-state index is 13.0. The molecule has 7 nitrogen and oxygen atoms in total. The molecule has 0 saturated heterocycles. The third kappa shape index (κ3) is 7.05. The summed E-state index contributed by atoms with van der Waals surface area (Å²) in [6, 6.07) is 17.3. The first kappa shape index (κ1) is 27.9. The predicted octanol–water partition coefficient (Wildman–Crippen LogP) is 6.88. The van der Waals surface area contributed by atoms with Gasteiger partial charge in [0.1, 0.15) is 22.7 Å². The van der Waals surface area contributed by atoms with Gasteiger partial charge in [0.05, 0.1) is 18.8 Å². The first-order valence-corrected chi connectivity index (χ1v) is 13.1. The van der Waals surface area contributed by atoms with E-state index in [0.717, 1.165) is 10.9 Å². The summed E-state index contributed by atoms with van der Waals surface area (Å²) >= 11 is 0. The molecule has 0 unspecified atom stereocenters. The van der Waals surface area contributed by atoms with Crippen LogP contribution in [-0.4, -0.2) is 30.8 Å². The molecule has 39 heavy (non-hydrogen) atoms. The summed E-state index contributed by atoms with van der Waals surface area (Å²) in [5.41, 5.74) is 2.37. The van der Waals surface area contributed by atoms with Gasteiger partial charge in [0.15, 0.2) is 5.43 Å². The van der Waals surface area contributed by atoms with Crippen LogP contribution < -0.4 is 10.2 Å². The van der Waals surface area contributed by atoms with Gasteiger partial charge in [-0.3, -0.25) is 9.59 Å². The normalized spacial score (nSPS) is 11.6. The highest BCUT2D eigenvalue weighted by atomic mass is 16.6. The fourth-order valence-corrected chi connectivity index (χ4v) is 4.23. The lowest BCUT2D eigenvalue weighted by atomic mass is 9.91. The van der Waals surface area contributed by atoms with E-state index in [-0.39, 0.29) is 23.7 Å². The smallest absolute Gasteiger partial charge is 0.338 e. The fourth-order valence-electron chi connectivity index (χ4n) is 4.23. The molecular formula is C32H34O7. The largest absolute Gasteiger partial charge is 0.493 e. The Bertz CT molecular complexity index is 1510. The molecule has 2 aromatic rings. The van der Waals surface area contributed by atoms with Gasteiger partial charge < -0.3 is 18.6 Å². The minimum atomic E-state index is -0.522. The third-order valence-electron chi connectivity index (χ3n) is 5.84. The van der Waals surface area contributed by atoms with E-state index in [1.54, 1.807) is 24.3 Å². The molecule has 0 bridgehead atoms. The van der Waals surface area contributed by atoms with E-state index in [0.29, 0.717) is 53.4 Å². The summed E-state index contributed by atoms with van der Waals surface area (Å²) in [5, 5.41) is 0.756. The predicted molar refractivity (Wildman–Crippen MR) is 150 cm³/mol. The molecule has 0 amide bonds. The maximum Gasteiger partial charge on any atom is 0.338 e. The van der Waals surface area contributed by atoms with E-state index in [4.69, 9.17) is 18.6 Å². The molecular weight excluding hydrogens is 496 g/mol. The van der Waals surface area contributed by atoms with Crippen LogP contribution in [0.2, 0.25) is 0 Å². The second kappa shape index (κ2) is 11.7. The summed E-state index contributed by atoms with van der Waals surface area (Å²) in [4.78, 5) is 37.2. The number of fused-ring (bicyclic) bond motifs is 2. The van der Waals surface area contributed by atoms with Gasteiger partial charge in [0.2, 0.25) is 0 Å². The van der Waals surface area contributed by atoms with Crippen molar-refractivity contribution in [1.29, 1.82) is 0 Å². The maximum atomic E-state index is 13.0. The Hall–Kier alpha value is -4.13. The Morgan fingerprint density at radius 2 is 1.72 bits per heavy atom. The molecule has 1 aliphatic carbocycles. The van der Waals surface area contributed by atoms with E-state index >= 15 is 0 Å². The molecule has 0 aromatic heterocycles. The van der Waals surface area contributed by atoms with Crippen LogP contribution in [0.1, 0.15) is 57.8 Å². The lowest BCUT2D eigenvalue weighted by Crippen LogP contribution is -2.23. The van der Waals surface area contributed by atoms with Crippen LogP contribution in [0.5, 0.6) is 5.75 Å². The van der Waals surface area contributed by atoms with Crippen molar-refractivity contribution in [3.8, 4) is 28.2 Å². The van der Waals surface area contributed by atoms with E-state index in [9.17, 15) is 14.4 Å². The summed E-state index contributed by atoms with van der Waals surface area (Å²) in [5.74, 6) is 0.485. The van der Waals surface area contributed by atoms with E-state index in [2.05, 4.69) is 0 Å². The molecule has 1 aliphatic heterocycles. The molecule has 0 spiro atoms. The number of rotatable bonds is 9. The van der Waals surface area contributed by atoms with Crippen molar-refractivity contribution in [2.75, 3.05) is 13.2 Å². The van der Waals surface area contributed by atoms with Gasteiger partial charge in [0.25, 0.3) is 0 Å². The SMILES string of the molecule is CC(C)COC(=O)c1ccccc1-c1c2ccc(=O)cc-2oc2cc(OCCCC(=O)OC(C)(C)C)ccc12. The highest BCUT2D eigenvalue weighted by Gasteiger charge is 2.23. The van der Waals surface area contributed by atoms with Crippen LogP contribution in [-0.2, 0) is 14.3 Å². The Morgan fingerprint density at radius 3 is 2.46 bits per heavy atom. The Kier molecular flexibility index (Phi) is 8.38. The van der Waals surface area contributed by atoms with Crippen molar-refractivity contribution in [1.82, 2.24) is 0 Å². The van der Waals surface area contributed by atoms with Crippen LogP contribution in [0.4, 0.5) is 0 Å². The molecule has 0 fully saturated rings. The van der Waals surface area contributed by atoms with Crippen molar-refractivity contribution < 1.29 is 28.2 Å². The lowest BCUT2D eigenvalue weighted by molar-refractivity contribution is -0.155. The molecule has 204 valence electrons. The number of hydrogen-bond acceptors (Lipinski definition) is 7. The molecule has 0 atom stereocenters. The van der Waals surface area contributed by atoms with Crippen LogP contribution in [0.25, 0.3) is 33.4 Å². The fraction of sp³-hybridized carbons (Fsp3) is 0.344. The molecule has 0 radical (unpaired) electrons. The highest BCUT2D eigenvalue weighted by Crippen LogP contribution is 2.42. The zero-order valence-electron chi connectivity index (χ0n) is 23.0. The van der Waals surface area contributed by atoms with E-state index in [1.807, 2.05) is 58.9 Å². The average Bonchev–Trinajstić information content (AvgIpc) is 2.87. The zero-order valence-corrected chi connectivity index (χ0v) is 23.0. The minimum Gasteiger partial charge on any atom is -0.493 e. The van der Waals surface area contributed by atoms with Crippen molar-refractivity contribution in [3.63, 3.8) is 0 Å². The quantitative estimate of drug-likeness (QED) is 0.132. The van der Waals surface area contributed by atoms with Crippen molar-refractivity contribution in [3.05, 3.63) is 76.5 Å². The first-order chi connectivity index (χ1) is 18.5. The van der Waals surface area contributed by atoms with E-state index < -0.39 is 11.6 Å². The van der Waals surface area contributed by atoms with Crippen LogP contribution in [0, 0.1) is 5.92 Å². The minimum absolute atomic E-state index is 0.185. The second-order valence-electron chi connectivity index (χ2n) is 10.9. The zero-order chi connectivity index (χ0) is 28.2. The summed E-state index contributed by atoms with van der Waals surface area (Å²) in [7, 11) is 0. The highest BCUT2D eigenvalue weighted by molar-refractivity contribution is 6.07. The molecule has 2 aromatic carbocycles. The van der Waals surface area contributed by atoms with Gasteiger partial charge in [-0.25, -0.2) is 4.79 Å². The lowest BCUT2D eigenvalue weighted by Gasteiger charge is -2.19. The monoisotopic (exact) mass is 530 g/mol. The van der Waals surface area contributed by atoms with Crippen molar-refractivity contribution in [2.45, 2.75) is 53.1 Å². The molecule has 7 heteroatoms. The van der Waals surface area contributed by atoms with Crippen molar-refractivity contribution >= 4 is 22.9 Å². The Morgan fingerprint density at radius 1 is 0.949 bits per heavy atom. The van der Waals surface area contributed by atoms with E-state index in [1.165, 1.54) is 12.1 Å². The Balaban J connectivity index is 1.69. The third-order valence-corrected chi connectivity index (χ3v) is 5.84. The molecule has 2 aliphatic rings. The van der Waals surface area contributed by atoms with Gasteiger partial charge in [-0.2, -0.15) is 0 Å². The molecule has 1 heterocycles. The molecule has 0 saturated carbocycles. The van der Waals surface area contributed by atoms with Gasteiger partial charge in [-0.15, -0.1) is 0 Å². The summed E-state index contributed by atoms with van der Waals surface area (Å²) in [6.07, 6.45) is 0.748. The summed E-state index contributed by atoms with van der Waals surface area (Å²) < 4.78 is 22.9. The second-order valence-corrected chi connectivity index (χ2v) is 10.9. The Labute approximate surface area is 228 Å². The van der Waals surface area contributed by atoms with Crippen LogP contribution in [0.15, 0.2) is 69.9 Å². The van der Waals surface area contributed by atoms with Gasteiger partial charge in [-0.1, -0.05) is 32.0 Å². The summed E-state index contributed by atoms with van der Waals surface area (Å²) in [6.45, 7) is 10.1. The first-order valence-electron chi connectivity index (χ1n) is 13.1. The van der Waals surface area contributed by atoms with Gasteiger partial charge in [-0.05, 0) is 69.0 Å². The standard InChI is InChI=1S/C32H34O7/c1-20(2)19-37-31(35)24-10-7-6-9-23(24)30-25-14-12-21(33)17-27(25)38-28-18-22(13-15-26(28)30)36-16-8-11-29(34)39-32(3,4)5/h6-7,9-10,12-15,17-18,20H,8,11,16,19H2,1-5H3. The molecule has 4 rings (SSSR count). The number of ether oxygens (including phenoxy) is 3. The van der Waals surface area contributed by atoms with Crippen molar-refractivity contribution in [2.24, 2.45) is 5.92 Å². The topological polar surface area (TPSA) is 92.0 Å². The number of hydrogen-bond donors (Lipinski definition) is 0. The number of benzene rings is 3. The number of carbonyl (C=O) groups is 2. The number of carbonyl (C=O) groups excluding carboxylic acids is 2. The molecule has 0 N–H and O–H groups in total. The number of esters is 2.